The van der Waals surface area contributed by atoms with Gasteiger partial charge in [-0.05, 0) is 33.6 Å². The summed E-state index contributed by atoms with van der Waals surface area (Å²) in [6, 6.07) is 0.965. The van der Waals surface area contributed by atoms with E-state index in [0.717, 1.165) is 13.1 Å². The van der Waals surface area contributed by atoms with Gasteiger partial charge in [-0.25, -0.2) is 4.79 Å². The fraction of sp³-hybridized carbons (Fsp3) is 0.909. The van der Waals surface area contributed by atoms with Crippen LogP contribution in [0.5, 0.6) is 0 Å². The lowest BCUT2D eigenvalue weighted by atomic mass is 10.2. The molecular formula is C11H20N2O2. The van der Waals surface area contributed by atoms with E-state index >= 15 is 0 Å². The van der Waals surface area contributed by atoms with E-state index in [0.29, 0.717) is 12.1 Å². The molecule has 4 nitrogen and oxygen atoms in total. The van der Waals surface area contributed by atoms with E-state index in [2.05, 4.69) is 5.32 Å². The van der Waals surface area contributed by atoms with Crippen LogP contribution in [0.15, 0.2) is 0 Å². The second-order valence-electron chi connectivity index (χ2n) is 5.52. The first kappa shape index (κ1) is 10.7. The van der Waals surface area contributed by atoms with Crippen molar-refractivity contribution in [2.24, 2.45) is 0 Å². The van der Waals surface area contributed by atoms with Crippen molar-refractivity contribution in [2.75, 3.05) is 13.1 Å². The van der Waals surface area contributed by atoms with Crippen LogP contribution < -0.4 is 5.32 Å². The molecule has 2 rings (SSSR count). The Morgan fingerprint density at radius 3 is 2.27 bits per heavy atom. The smallest absolute Gasteiger partial charge is 0.410 e. The highest BCUT2D eigenvalue weighted by Gasteiger charge is 2.35. The SMILES string of the molecule is CC(C)(C)OC(=O)N1C[C@@H]2CC[C@@H](C1)N2. The van der Waals surface area contributed by atoms with Crippen LogP contribution in [0.1, 0.15) is 33.6 Å². The van der Waals surface area contributed by atoms with Crippen LogP contribution in [0.3, 0.4) is 0 Å². The molecule has 2 bridgehead atoms. The number of fused-ring (bicyclic) bond motifs is 2. The number of ether oxygens (including phenoxy) is 1. The van der Waals surface area contributed by atoms with Crippen LogP contribution in [-0.4, -0.2) is 41.8 Å². The molecule has 0 aromatic heterocycles. The number of hydrogen-bond acceptors (Lipinski definition) is 3. The van der Waals surface area contributed by atoms with E-state index in [-0.39, 0.29) is 11.7 Å². The van der Waals surface area contributed by atoms with Gasteiger partial charge in [0, 0.05) is 25.2 Å². The van der Waals surface area contributed by atoms with Gasteiger partial charge in [-0.3, -0.25) is 0 Å². The maximum Gasteiger partial charge on any atom is 0.410 e. The highest BCUT2D eigenvalue weighted by molar-refractivity contribution is 5.68. The largest absolute Gasteiger partial charge is 0.444 e. The summed E-state index contributed by atoms with van der Waals surface area (Å²) in [5.41, 5.74) is -0.388. The van der Waals surface area contributed by atoms with Crippen molar-refractivity contribution >= 4 is 6.09 Å². The minimum atomic E-state index is -0.388. The average molecular weight is 212 g/mol. The van der Waals surface area contributed by atoms with Gasteiger partial charge in [-0.2, -0.15) is 0 Å². The lowest BCUT2D eigenvalue weighted by molar-refractivity contribution is 0.0189. The Hall–Kier alpha value is -0.770. The van der Waals surface area contributed by atoms with Crippen molar-refractivity contribution in [1.82, 2.24) is 10.2 Å². The quantitative estimate of drug-likeness (QED) is 0.659. The summed E-state index contributed by atoms with van der Waals surface area (Å²) in [6.45, 7) is 7.31. The summed E-state index contributed by atoms with van der Waals surface area (Å²) < 4.78 is 5.36. The van der Waals surface area contributed by atoms with Gasteiger partial charge in [-0.1, -0.05) is 0 Å². The van der Waals surface area contributed by atoms with E-state index in [1.807, 2.05) is 25.7 Å². The van der Waals surface area contributed by atoms with E-state index in [4.69, 9.17) is 4.74 Å². The van der Waals surface area contributed by atoms with Crippen LogP contribution in [0, 0.1) is 0 Å². The monoisotopic (exact) mass is 212 g/mol. The summed E-state index contributed by atoms with van der Waals surface area (Å²) in [7, 11) is 0. The molecule has 0 aromatic rings. The van der Waals surface area contributed by atoms with Crippen LogP contribution in [0.25, 0.3) is 0 Å². The van der Waals surface area contributed by atoms with Crippen LogP contribution in [-0.2, 0) is 4.74 Å². The molecule has 2 aliphatic heterocycles. The summed E-state index contributed by atoms with van der Waals surface area (Å²) in [4.78, 5) is 13.6. The molecule has 4 heteroatoms. The van der Waals surface area contributed by atoms with Crippen molar-refractivity contribution in [3.63, 3.8) is 0 Å². The van der Waals surface area contributed by atoms with Gasteiger partial charge in [0.1, 0.15) is 5.60 Å². The molecule has 0 aromatic carbocycles. The predicted molar refractivity (Wildman–Crippen MR) is 57.8 cm³/mol. The molecule has 2 fully saturated rings. The molecule has 15 heavy (non-hydrogen) atoms. The van der Waals surface area contributed by atoms with Crippen LogP contribution >= 0.6 is 0 Å². The second-order valence-corrected chi connectivity index (χ2v) is 5.52. The van der Waals surface area contributed by atoms with Gasteiger partial charge in [0.2, 0.25) is 0 Å². The second kappa shape index (κ2) is 3.67. The number of nitrogens with zero attached hydrogens (tertiary/aromatic N) is 1. The third-order valence-corrected chi connectivity index (χ3v) is 2.87. The summed E-state index contributed by atoms with van der Waals surface area (Å²) >= 11 is 0. The predicted octanol–water partition coefficient (Wildman–Crippen LogP) is 1.36. The fourth-order valence-electron chi connectivity index (χ4n) is 2.27. The Balaban J connectivity index is 1.91. The zero-order chi connectivity index (χ0) is 11.1. The first-order chi connectivity index (χ1) is 6.94. The molecule has 2 saturated heterocycles. The van der Waals surface area contributed by atoms with Crippen molar-refractivity contribution in [2.45, 2.75) is 51.3 Å². The minimum Gasteiger partial charge on any atom is -0.444 e. The Morgan fingerprint density at radius 2 is 1.80 bits per heavy atom. The molecule has 0 radical (unpaired) electrons. The van der Waals surface area contributed by atoms with Gasteiger partial charge < -0.3 is 15.0 Å². The van der Waals surface area contributed by atoms with Crippen LogP contribution in [0.2, 0.25) is 0 Å². The zero-order valence-corrected chi connectivity index (χ0v) is 9.75. The number of rotatable bonds is 0. The number of hydrogen-bond donors (Lipinski definition) is 1. The molecule has 0 unspecified atom stereocenters. The van der Waals surface area contributed by atoms with Crippen LogP contribution in [0.4, 0.5) is 4.79 Å². The third kappa shape index (κ3) is 2.62. The third-order valence-electron chi connectivity index (χ3n) is 2.87. The fourth-order valence-corrected chi connectivity index (χ4v) is 2.27. The van der Waals surface area contributed by atoms with E-state index in [9.17, 15) is 4.79 Å². The lowest BCUT2D eigenvalue weighted by Gasteiger charge is -2.34. The lowest BCUT2D eigenvalue weighted by Crippen LogP contribution is -2.53. The van der Waals surface area contributed by atoms with Gasteiger partial charge in [0.15, 0.2) is 0 Å². The number of piperazine rings is 1. The maximum atomic E-state index is 11.8. The van der Waals surface area contributed by atoms with Gasteiger partial charge in [0.25, 0.3) is 0 Å². The summed E-state index contributed by atoms with van der Waals surface area (Å²) in [5.74, 6) is 0. The number of amides is 1. The van der Waals surface area contributed by atoms with Crippen molar-refractivity contribution < 1.29 is 9.53 Å². The zero-order valence-electron chi connectivity index (χ0n) is 9.75. The molecule has 0 aliphatic carbocycles. The highest BCUT2D eigenvalue weighted by atomic mass is 16.6. The minimum absolute atomic E-state index is 0.166. The summed E-state index contributed by atoms with van der Waals surface area (Å²) in [6.07, 6.45) is 2.20. The van der Waals surface area contributed by atoms with E-state index in [1.54, 1.807) is 0 Å². The van der Waals surface area contributed by atoms with Gasteiger partial charge in [0.05, 0.1) is 0 Å². The Bertz CT molecular complexity index is 248. The molecule has 1 N–H and O–H groups in total. The molecule has 0 saturated carbocycles. The van der Waals surface area contributed by atoms with Crippen molar-refractivity contribution in [1.29, 1.82) is 0 Å². The standard InChI is InChI=1S/C11H20N2O2/c1-11(2,3)15-10(14)13-6-8-4-5-9(7-13)12-8/h8-9,12H,4-7H2,1-3H3/t8-,9-/m0/s1. The Labute approximate surface area is 91.0 Å². The van der Waals surface area contributed by atoms with Gasteiger partial charge in [-0.15, -0.1) is 0 Å². The maximum absolute atomic E-state index is 11.8. The molecular weight excluding hydrogens is 192 g/mol. The Morgan fingerprint density at radius 1 is 1.27 bits per heavy atom. The normalized spacial score (nSPS) is 30.5. The van der Waals surface area contributed by atoms with Crippen molar-refractivity contribution in [3.05, 3.63) is 0 Å². The number of carbonyl (C=O) groups is 1. The summed E-state index contributed by atoms with van der Waals surface area (Å²) in [5, 5.41) is 3.49. The molecule has 86 valence electrons. The molecule has 1 amide bonds. The Kier molecular flexibility index (Phi) is 2.63. The van der Waals surface area contributed by atoms with Crippen molar-refractivity contribution in [3.8, 4) is 0 Å². The number of likely N-dealkylation sites (tertiary alicyclic amines) is 1. The van der Waals surface area contributed by atoms with E-state index < -0.39 is 0 Å². The topological polar surface area (TPSA) is 41.6 Å². The van der Waals surface area contributed by atoms with E-state index in [1.165, 1.54) is 12.8 Å². The highest BCUT2D eigenvalue weighted by Crippen LogP contribution is 2.21. The molecule has 2 heterocycles. The average Bonchev–Trinajstić information content (AvgIpc) is 2.42. The number of carbonyl (C=O) groups excluding carboxylic acids is 1. The number of nitrogens with one attached hydrogen (secondary N) is 1. The molecule has 2 aliphatic rings. The molecule has 0 spiro atoms. The van der Waals surface area contributed by atoms with Gasteiger partial charge >= 0.3 is 6.09 Å². The first-order valence-electron chi connectivity index (χ1n) is 5.68. The molecule has 2 atom stereocenters. The first-order valence-corrected chi connectivity index (χ1v) is 5.68.